The van der Waals surface area contributed by atoms with Gasteiger partial charge >= 0.3 is 0 Å². The third-order valence-electron chi connectivity index (χ3n) is 5.20. The summed E-state index contributed by atoms with van der Waals surface area (Å²) in [5, 5.41) is 6.91. The Kier molecular flexibility index (Phi) is 9.64. The number of benzene rings is 1. The zero-order valence-electron chi connectivity index (χ0n) is 18.1. The minimum atomic E-state index is 0. The van der Waals surface area contributed by atoms with Crippen molar-refractivity contribution in [3.63, 3.8) is 0 Å². The number of hydrogen-bond donors (Lipinski definition) is 2. The summed E-state index contributed by atoms with van der Waals surface area (Å²) in [6, 6.07) is 10.4. The summed E-state index contributed by atoms with van der Waals surface area (Å²) >= 11 is 0. The Labute approximate surface area is 196 Å². The van der Waals surface area contributed by atoms with Crippen LogP contribution in [0, 0.1) is 6.92 Å². The number of guanidine groups is 1. The molecule has 7 nitrogen and oxygen atoms in total. The lowest BCUT2D eigenvalue weighted by molar-refractivity contribution is 0.321. The zero-order chi connectivity index (χ0) is 20.6. The predicted octanol–water partition coefficient (Wildman–Crippen LogP) is 2.96. The van der Waals surface area contributed by atoms with E-state index in [1.54, 1.807) is 21.3 Å². The lowest BCUT2D eigenvalue weighted by Gasteiger charge is -2.19. The molecule has 2 aromatic rings. The van der Waals surface area contributed by atoms with Gasteiger partial charge in [-0.2, -0.15) is 0 Å². The molecule has 2 N–H and O–H groups in total. The fourth-order valence-electron chi connectivity index (χ4n) is 3.57. The topological polar surface area (TPSA) is 71.0 Å². The van der Waals surface area contributed by atoms with Crippen LogP contribution in [0.1, 0.15) is 23.2 Å². The van der Waals surface area contributed by atoms with Crippen molar-refractivity contribution in [3.05, 3.63) is 53.3 Å². The summed E-state index contributed by atoms with van der Waals surface area (Å²) in [5.74, 6) is 2.45. The van der Waals surface area contributed by atoms with Crippen molar-refractivity contribution in [2.45, 2.75) is 32.5 Å². The second-order valence-corrected chi connectivity index (χ2v) is 7.28. The number of aromatic nitrogens is 1. The Balaban J connectivity index is 0.00000320. The largest absolute Gasteiger partial charge is 0.497 e. The number of likely N-dealkylation sites (tertiary alicyclic amines) is 1. The summed E-state index contributed by atoms with van der Waals surface area (Å²) in [7, 11) is 5.16. The third kappa shape index (κ3) is 6.73. The molecule has 0 radical (unpaired) electrons. The summed E-state index contributed by atoms with van der Waals surface area (Å²) in [6.07, 6.45) is 2.90. The maximum atomic E-state index is 5.38. The van der Waals surface area contributed by atoms with Crippen molar-refractivity contribution in [2.75, 3.05) is 34.4 Å². The van der Waals surface area contributed by atoms with Crippen LogP contribution >= 0.6 is 24.0 Å². The van der Waals surface area contributed by atoms with E-state index in [0.717, 1.165) is 49.2 Å². The fourth-order valence-corrected chi connectivity index (χ4v) is 3.57. The number of methoxy groups -OCH3 is 2. The zero-order valence-corrected chi connectivity index (χ0v) is 20.5. The second-order valence-electron chi connectivity index (χ2n) is 7.28. The van der Waals surface area contributed by atoms with Crippen molar-refractivity contribution >= 4 is 29.9 Å². The first-order chi connectivity index (χ1) is 14.1. The molecule has 0 amide bonds. The van der Waals surface area contributed by atoms with Gasteiger partial charge in [-0.3, -0.25) is 14.9 Å². The quantitative estimate of drug-likeness (QED) is 0.329. The molecule has 1 unspecified atom stereocenters. The highest BCUT2D eigenvalue weighted by atomic mass is 127. The lowest BCUT2D eigenvalue weighted by Crippen LogP contribution is -2.44. The number of rotatable bonds is 7. The molecule has 1 aliphatic rings. The average molecular weight is 525 g/mol. The van der Waals surface area contributed by atoms with E-state index in [0.29, 0.717) is 12.6 Å². The smallest absolute Gasteiger partial charge is 0.191 e. The molecule has 1 saturated heterocycles. The molecule has 1 atom stereocenters. The van der Waals surface area contributed by atoms with E-state index in [1.165, 1.54) is 11.1 Å². The van der Waals surface area contributed by atoms with Crippen LogP contribution in [0.5, 0.6) is 11.5 Å². The average Bonchev–Trinajstić information content (AvgIpc) is 3.18. The van der Waals surface area contributed by atoms with Gasteiger partial charge in [-0.1, -0.05) is 6.07 Å². The molecule has 1 fully saturated rings. The van der Waals surface area contributed by atoms with E-state index in [1.807, 2.05) is 18.3 Å². The fraction of sp³-hybridized carbons (Fsp3) is 0.455. The van der Waals surface area contributed by atoms with Crippen LogP contribution in [0.15, 0.2) is 41.5 Å². The van der Waals surface area contributed by atoms with E-state index >= 15 is 0 Å². The van der Waals surface area contributed by atoms with Gasteiger partial charge in [0.15, 0.2) is 5.96 Å². The van der Waals surface area contributed by atoms with Gasteiger partial charge in [-0.05, 0) is 42.7 Å². The number of halogens is 1. The van der Waals surface area contributed by atoms with Crippen LogP contribution in [0.4, 0.5) is 0 Å². The molecule has 1 aromatic heterocycles. The van der Waals surface area contributed by atoms with Crippen LogP contribution in [-0.4, -0.2) is 56.2 Å². The van der Waals surface area contributed by atoms with Crippen LogP contribution in [0.25, 0.3) is 0 Å². The molecule has 8 heteroatoms. The van der Waals surface area contributed by atoms with Crippen LogP contribution in [-0.2, 0) is 13.1 Å². The highest BCUT2D eigenvalue weighted by molar-refractivity contribution is 14.0. The number of ether oxygens (including phenoxy) is 2. The molecule has 1 aromatic carbocycles. The molecule has 2 heterocycles. The lowest BCUT2D eigenvalue weighted by atomic mass is 10.2. The minimum Gasteiger partial charge on any atom is -0.497 e. The summed E-state index contributed by atoms with van der Waals surface area (Å²) in [5.41, 5.74) is 3.40. The molecule has 0 bridgehead atoms. The van der Waals surface area contributed by atoms with Crippen molar-refractivity contribution in [1.82, 2.24) is 20.5 Å². The van der Waals surface area contributed by atoms with Crippen molar-refractivity contribution < 1.29 is 9.47 Å². The molecular formula is C22H32IN5O2. The molecule has 0 saturated carbocycles. The van der Waals surface area contributed by atoms with Crippen molar-refractivity contribution in [2.24, 2.45) is 4.99 Å². The second kappa shape index (κ2) is 11.9. The van der Waals surface area contributed by atoms with E-state index in [4.69, 9.17) is 9.47 Å². The molecular weight excluding hydrogens is 493 g/mol. The summed E-state index contributed by atoms with van der Waals surface area (Å²) in [6.45, 7) is 5.59. The van der Waals surface area contributed by atoms with Crippen molar-refractivity contribution in [3.8, 4) is 11.5 Å². The maximum absolute atomic E-state index is 5.38. The van der Waals surface area contributed by atoms with Gasteiger partial charge < -0.3 is 20.1 Å². The Morgan fingerprint density at radius 1 is 1.23 bits per heavy atom. The minimum absolute atomic E-state index is 0. The van der Waals surface area contributed by atoms with Gasteiger partial charge in [0.2, 0.25) is 0 Å². The highest BCUT2D eigenvalue weighted by Crippen LogP contribution is 2.24. The number of aryl methyl sites for hydroxylation is 1. The number of aliphatic imine (C=N–C) groups is 1. The van der Waals surface area contributed by atoms with Gasteiger partial charge in [-0.25, -0.2) is 0 Å². The monoisotopic (exact) mass is 525 g/mol. The Hall–Kier alpha value is -2.07. The molecule has 0 spiro atoms. The Morgan fingerprint density at radius 2 is 1.97 bits per heavy atom. The van der Waals surface area contributed by atoms with Crippen LogP contribution in [0.2, 0.25) is 0 Å². The molecule has 30 heavy (non-hydrogen) atoms. The van der Waals surface area contributed by atoms with E-state index < -0.39 is 0 Å². The van der Waals surface area contributed by atoms with Gasteiger partial charge in [0, 0.05) is 45.0 Å². The standard InChI is InChI=1S/C22H31N5O2.HI/c1-16-6-5-8-24-21(16)13-25-22(23-2)26-18-7-9-27(15-18)14-17-10-19(28-3)12-20(11-17)29-4;/h5-6,8,10-12,18H,7,9,13-15H2,1-4H3,(H2,23,25,26);1H. The predicted molar refractivity (Wildman–Crippen MR) is 131 cm³/mol. The normalized spacial score (nSPS) is 16.7. The SMILES string of the molecule is CN=C(NCc1ncccc1C)NC1CCN(Cc2cc(OC)cc(OC)c2)C1.I. The van der Waals surface area contributed by atoms with E-state index in [9.17, 15) is 0 Å². The number of hydrogen-bond acceptors (Lipinski definition) is 5. The summed E-state index contributed by atoms with van der Waals surface area (Å²) < 4.78 is 10.8. The van der Waals surface area contributed by atoms with Gasteiger partial charge in [0.05, 0.1) is 26.5 Å². The van der Waals surface area contributed by atoms with E-state index in [-0.39, 0.29) is 24.0 Å². The Morgan fingerprint density at radius 3 is 2.60 bits per heavy atom. The highest BCUT2D eigenvalue weighted by Gasteiger charge is 2.23. The summed E-state index contributed by atoms with van der Waals surface area (Å²) in [4.78, 5) is 11.2. The molecule has 164 valence electrons. The van der Waals surface area contributed by atoms with E-state index in [2.05, 4.69) is 50.6 Å². The number of pyridine rings is 1. The molecule has 3 rings (SSSR count). The van der Waals surface area contributed by atoms with Crippen molar-refractivity contribution in [1.29, 1.82) is 0 Å². The van der Waals surface area contributed by atoms with Crippen LogP contribution in [0.3, 0.4) is 0 Å². The Bertz CT molecular complexity index is 824. The first kappa shape index (κ1) is 24.2. The first-order valence-corrected chi connectivity index (χ1v) is 9.93. The number of nitrogens with one attached hydrogen (secondary N) is 2. The number of nitrogens with zero attached hydrogens (tertiary/aromatic N) is 3. The molecule has 0 aliphatic carbocycles. The van der Waals surface area contributed by atoms with Gasteiger partial charge in [0.1, 0.15) is 11.5 Å². The third-order valence-corrected chi connectivity index (χ3v) is 5.20. The van der Waals surface area contributed by atoms with Crippen LogP contribution < -0.4 is 20.1 Å². The maximum Gasteiger partial charge on any atom is 0.191 e. The van der Waals surface area contributed by atoms with Gasteiger partial charge in [0.25, 0.3) is 0 Å². The van der Waals surface area contributed by atoms with Gasteiger partial charge in [-0.15, -0.1) is 24.0 Å². The first-order valence-electron chi connectivity index (χ1n) is 9.93. The molecule has 1 aliphatic heterocycles.